The van der Waals surface area contributed by atoms with Gasteiger partial charge in [-0.2, -0.15) is 0 Å². The van der Waals surface area contributed by atoms with Gasteiger partial charge in [0.1, 0.15) is 6.10 Å². The maximum atomic E-state index is 13.2. The summed E-state index contributed by atoms with van der Waals surface area (Å²) in [5.41, 5.74) is 0.0750. The molecule has 1 aromatic carbocycles. The van der Waals surface area contributed by atoms with E-state index in [4.69, 9.17) is 9.47 Å². The maximum absolute atomic E-state index is 13.2. The number of nitrogens with zero attached hydrogens (tertiary/aromatic N) is 1. The highest BCUT2D eigenvalue weighted by Crippen LogP contribution is 2.15. The molecule has 140 valence electrons. The summed E-state index contributed by atoms with van der Waals surface area (Å²) in [6.07, 6.45) is 0.0692. The monoisotopic (exact) mass is 360 g/mol. The van der Waals surface area contributed by atoms with Crippen LogP contribution in [0.1, 0.15) is 12.0 Å². The van der Waals surface area contributed by atoms with Crippen molar-refractivity contribution < 1.29 is 27.4 Å². The number of nitrogens with one attached hydrogen (secondary N) is 1. The number of ether oxygens (including phenoxy) is 2. The largest absolute Gasteiger partial charge is 0.379 e. The molecular weight excluding hydrogens is 337 g/mol. The average Bonchev–Trinajstić information content (AvgIpc) is 2.53. The fourth-order valence-electron chi connectivity index (χ4n) is 2.58. The summed E-state index contributed by atoms with van der Waals surface area (Å²) < 4.78 is 50.6. The molecule has 2 atom stereocenters. The van der Waals surface area contributed by atoms with Crippen molar-refractivity contribution in [3.05, 3.63) is 35.1 Å². The number of likely N-dealkylation sites (N-methyl/N-ethyl adjacent to an activating group) is 1. The zero-order valence-electron chi connectivity index (χ0n) is 14.4. The minimum Gasteiger partial charge on any atom is -0.379 e. The lowest BCUT2D eigenvalue weighted by Gasteiger charge is -2.32. The van der Waals surface area contributed by atoms with Crippen molar-refractivity contribution in [3.63, 3.8) is 0 Å². The smallest absolute Gasteiger partial charge is 0.224 e. The molecule has 1 saturated heterocycles. The lowest BCUT2D eigenvalue weighted by Crippen LogP contribution is -2.50. The maximum Gasteiger partial charge on any atom is 0.224 e. The first kappa shape index (κ1) is 19.7. The van der Waals surface area contributed by atoms with E-state index in [2.05, 4.69) is 5.32 Å². The van der Waals surface area contributed by atoms with Gasteiger partial charge in [-0.1, -0.05) is 0 Å². The third-order valence-corrected chi connectivity index (χ3v) is 3.93. The molecule has 1 amide bonds. The minimum absolute atomic E-state index is 0.0750. The molecular formula is C17H23F3N2O3. The topological polar surface area (TPSA) is 50.8 Å². The van der Waals surface area contributed by atoms with Crippen LogP contribution in [0.4, 0.5) is 13.2 Å². The quantitative estimate of drug-likeness (QED) is 0.749. The molecule has 0 spiro atoms. The third-order valence-electron chi connectivity index (χ3n) is 3.93. The second kappa shape index (κ2) is 9.17. The van der Waals surface area contributed by atoms with Crippen molar-refractivity contribution >= 4 is 5.91 Å². The molecule has 1 aliphatic heterocycles. The summed E-state index contributed by atoms with van der Waals surface area (Å²) in [6.45, 7) is 2.11. The Labute approximate surface area is 145 Å². The van der Waals surface area contributed by atoms with Crippen LogP contribution < -0.4 is 5.32 Å². The Hall–Kier alpha value is -1.64. The van der Waals surface area contributed by atoms with Crippen LogP contribution in [0.3, 0.4) is 0 Å². The average molecular weight is 360 g/mol. The molecule has 0 unspecified atom stereocenters. The van der Waals surface area contributed by atoms with E-state index in [1.165, 1.54) is 0 Å². The summed E-state index contributed by atoms with van der Waals surface area (Å²) in [5, 5.41) is 2.81. The molecule has 0 bridgehead atoms. The summed E-state index contributed by atoms with van der Waals surface area (Å²) in [5.74, 6) is -4.56. The van der Waals surface area contributed by atoms with Gasteiger partial charge in [0.15, 0.2) is 17.5 Å². The van der Waals surface area contributed by atoms with Crippen molar-refractivity contribution in [2.24, 2.45) is 0 Å². The van der Waals surface area contributed by atoms with Crippen molar-refractivity contribution in [1.82, 2.24) is 10.2 Å². The van der Waals surface area contributed by atoms with E-state index in [-0.39, 0.29) is 24.1 Å². The van der Waals surface area contributed by atoms with E-state index in [0.717, 1.165) is 18.7 Å². The summed E-state index contributed by atoms with van der Waals surface area (Å²) in [6, 6.07) is 1.42. The van der Waals surface area contributed by atoms with Crippen LogP contribution in [0.25, 0.3) is 0 Å². The van der Waals surface area contributed by atoms with E-state index in [1.807, 2.05) is 19.0 Å². The Balaban J connectivity index is 1.91. The minimum atomic E-state index is -1.54. The SMILES string of the molecule is CN(C)CCO[C@@H]1COCC[C@H]1NC(=O)Cc1cc(F)c(F)c(F)c1. The Morgan fingerprint density at radius 2 is 2.00 bits per heavy atom. The number of carbonyl (C=O) groups excluding carboxylic acids is 1. The first-order valence-electron chi connectivity index (χ1n) is 8.13. The van der Waals surface area contributed by atoms with Gasteiger partial charge in [-0.05, 0) is 38.2 Å². The standard InChI is InChI=1S/C17H23F3N2O3/c1-22(2)4-6-25-15-10-24-5-3-14(15)21-16(23)9-11-7-12(18)17(20)13(19)8-11/h7-8,14-15H,3-6,9-10H2,1-2H3,(H,21,23)/t14-,15-/m1/s1. The van der Waals surface area contributed by atoms with E-state index >= 15 is 0 Å². The molecule has 1 N–H and O–H groups in total. The Morgan fingerprint density at radius 1 is 1.32 bits per heavy atom. The normalized spacial score (nSPS) is 20.7. The number of halogens is 3. The number of amides is 1. The molecule has 2 rings (SSSR count). The Morgan fingerprint density at radius 3 is 2.64 bits per heavy atom. The third kappa shape index (κ3) is 5.98. The lowest BCUT2D eigenvalue weighted by atomic mass is 10.0. The van der Waals surface area contributed by atoms with Crippen LogP contribution in [0, 0.1) is 17.5 Å². The molecule has 1 aromatic rings. The van der Waals surface area contributed by atoms with E-state index < -0.39 is 23.4 Å². The molecule has 8 heteroatoms. The molecule has 1 aliphatic rings. The van der Waals surface area contributed by atoms with Gasteiger partial charge in [0, 0.05) is 13.2 Å². The highest BCUT2D eigenvalue weighted by atomic mass is 19.2. The molecule has 0 aromatic heterocycles. The van der Waals surface area contributed by atoms with Crippen LogP contribution in [0.2, 0.25) is 0 Å². The van der Waals surface area contributed by atoms with Crippen molar-refractivity contribution in [3.8, 4) is 0 Å². The van der Waals surface area contributed by atoms with Crippen molar-refractivity contribution in [2.75, 3.05) is 40.5 Å². The van der Waals surface area contributed by atoms with Gasteiger partial charge in [0.05, 0.1) is 25.7 Å². The van der Waals surface area contributed by atoms with Crippen LogP contribution in [-0.2, 0) is 20.7 Å². The Bertz CT molecular complexity index is 575. The highest BCUT2D eigenvalue weighted by molar-refractivity contribution is 5.78. The number of benzene rings is 1. The van der Waals surface area contributed by atoms with Gasteiger partial charge < -0.3 is 19.7 Å². The van der Waals surface area contributed by atoms with Crippen LogP contribution in [-0.4, -0.2) is 63.4 Å². The van der Waals surface area contributed by atoms with Crippen LogP contribution in [0.15, 0.2) is 12.1 Å². The molecule has 5 nitrogen and oxygen atoms in total. The van der Waals surface area contributed by atoms with Gasteiger partial charge in [-0.25, -0.2) is 13.2 Å². The first-order valence-corrected chi connectivity index (χ1v) is 8.13. The van der Waals surface area contributed by atoms with Gasteiger partial charge >= 0.3 is 0 Å². The second-order valence-electron chi connectivity index (χ2n) is 6.30. The van der Waals surface area contributed by atoms with E-state index in [0.29, 0.717) is 26.2 Å². The number of hydrogen-bond acceptors (Lipinski definition) is 4. The van der Waals surface area contributed by atoms with Gasteiger partial charge in [0.25, 0.3) is 0 Å². The number of carbonyl (C=O) groups is 1. The molecule has 1 heterocycles. The van der Waals surface area contributed by atoms with Crippen LogP contribution >= 0.6 is 0 Å². The molecule has 0 radical (unpaired) electrons. The second-order valence-corrected chi connectivity index (χ2v) is 6.30. The summed E-state index contributed by atoms with van der Waals surface area (Å²) in [7, 11) is 3.86. The zero-order valence-corrected chi connectivity index (χ0v) is 14.4. The van der Waals surface area contributed by atoms with Gasteiger partial charge in [-0.15, -0.1) is 0 Å². The predicted molar refractivity (Wildman–Crippen MR) is 85.7 cm³/mol. The summed E-state index contributed by atoms with van der Waals surface area (Å²) >= 11 is 0. The first-order chi connectivity index (χ1) is 11.9. The molecule has 1 fully saturated rings. The molecule has 25 heavy (non-hydrogen) atoms. The molecule has 0 saturated carbocycles. The van der Waals surface area contributed by atoms with E-state index in [1.54, 1.807) is 0 Å². The molecule has 0 aliphatic carbocycles. The van der Waals surface area contributed by atoms with E-state index in [9.17, 15) is 18.0 Å². The van der Waals surface area contributed by atoms with Crippen molar-refractivity contribution in [2.45, 2.75) is 25.0 Å². The number of hydrogen-bond donors (Lipinski definition) is 1. The highest BCUT2D eigenvalue weighted by Gasteiger charge is 2.28. The Kier molecular flexibility index (Phi) is 7.22. The van der Waals surface area contributed by atoms with Crippen molar-refractivity contribution in [1.29, 1.82) is 0 Å². The summed E-state index contributed by atoms with van der Waals surface area (Å²) in [4.78, 5) is 14.1. The van der Waals surface area contributed by atoms with Crippen LogP contribution in [0.5, 0.6) is 0 Å². The lowest BCUT2D eigenvalue weighted by molar-refractivity contribution is -0.125. The van der Waals surface area contributed by atoms with Gasteiger partial charge in [0.2, 0.25) is 5.91 Å². The predicted octanol–water partition coefficient (Wildman–Crippen LogP) is 1.50. The fourth-order valence-corrected chi connectivity index (χ4v) is 2.58. The fraction of sp³-hybridized carbons (Fsp3) is 0.588. The van der Waals surface area contributed by atoms with Gasteiger partial charge in [-0.3, -0.25) is 4.79 Å². The zero-order chi connectivity index (χ0) is 18.4. The number of rotatable bonds is 7.